The number of rotatable bonds is 6. The van der Waals surface area contributed by atoms with E-state index in [1.54, 1.807) is 45.0 Å². The second-order valence-corrected chi connectivity index (χ2v) is 7.82. The molecule has 0 aliphatic heterocycles. The quantitative estimate of drug-likeness (QED) is 0.841. The van der Waals surface area contributed by atoms with Crippen LogP contribution < -0.4 is 0 Å². The Morgan fingerprint density at radius 1 is 1.33 bits per heavy atom. The van der Waals surface area contributed by atoms with Crippen molar-refractivity contribution in [3.8, 4) is 5.69 Å². The summed E-state index contributed by atoms with van der Waals surface area (Å²) in [6.07, 6.45) is 1.23. The minimum absolute atomic E-state index is 0.0209. The number of sulfonamides is 1. The van der Waals surface area contributed by atoms with Crippen LogP contribution in [0.25, 0.3) is 5.69 Å². The van der Waals surface area contributed by atoms with Crippen LogP contribution in [-0.4, -0.2) is 46.2 Å². The van der Waals surface area contributed by atoms with Crippen LogP contribution in [0.5, 0.6) is 0 Å². The number of hydrogen-bond acceptors (Lipinski definition) is 4. The molecule has 2 rings (SSSR count). The fourth-order valence-electron chi connectivity index (χ4n) is 2.30. The van der Waals surface area contributed by atoms with E-state index in [4.69, 9.17) is 16.7 Å². The fourth-order valence-corrected chi connectivity index (χ4v) is 4.15. The zero-order valence-corrected chi connectivity index (χ0v) is 15.0. The molecule has 0 aliphatic carbocycles. The van der Waals surface area contributed by atoms with E-state index < -0.39 is 28.6 Å². The van der Waals surface area contributed by atoms with Gasteiger partial charge in [-0.1, -0.05) is 11.6 Å². The van der Waals surface area contributed by atoms with Gasteiger partial charge in [0, 0.05) is 11.1 Å². The van der Waals surface area contributed by atoms with Crippen LogP contribution >= 0.6 is 11.6 Å². The van der Waals surface area contributed by atoms with Crippen molar-refractivity contribution in [1.29, 1.82) is 0 Å². The molecule has 24 heavy (non-hydrogen) atoms. The molecule has 0 aliphatic rings. The van der Waals surface area contributed by atoms with E-state index in [0.717, 1.165) is 4.31 Å². The van der Waals surface area contributed by atoms with Crippen molar-refractivity contribution in [2.24, 2.45) is 0 Å². The molecule has 0 amide bonds. The van der Waals surface area contributed by atoms with Gasteiger partial charge < -0.3 is 5.11 Å². The molecule has 0 unspecified atom stereocenters. The number of aliphatic carboxylic acids is 1. The molecule has 7 nitrogen and oxygen atoms in total. The highest BCUT2D eigenvalue weighted by Gasteiger charge is 2.32. The summed E-state index contributed by atoms with van der Waals surface area (Å²) in [7, 11) is -3.98. The lowest BCUT2D eigenvalue weighted by molar-refractivity contribution is -0.137. The van der Waals surface area contributed by atoms with E-state index in [1.807, 2.05) is 0 Å². The molecule has 0 saturated heterocycles. The molecule has 1 aromatic carbocycles. The number of carboxylic acid groups (broad SMARTS) is 1. The highest BCUT2D eigenvalue weighted by atomic mass is 35.5. The molecule has 2 aromatic rings. The summed E-state index contributed by atoms with van der Waals surface area (Å²) < 4.78 is 28.0. The van der Waals surface area contributed by atoms with Crippen LogP contribution in [0.15, 0.2) is 35.4 Å². The van der Waals surface area contributed by atoms with Gasteiger partial charge in [-0.05, 0) is 45.0 Å². The predicted octanol–water partition coefficient (Wildman–Crippen LogP) is 2.32. The Hall–Kier alpha value is -1.90. The summed E-state index contributed by atoms with van der Waals surface area (Å²) in [4.78, 5) is 11.0. The lowest BCUT2D eigenvalue weighted by Gasteiger charge is -2.23. The number of aromatic nitrogens is 2. The SMILES string of the molecule is Cc1c(S(=O)(=O)N(CC(=O)O)C(C)C)cnn1-c1ccc(Cl)cc1. The maximum absolute atomic E-state index is 12.8. The van der Waals surface area contributed by atoms with Crippen LogP contribution in [0.1, 0.15) is 19.5 Å². The number of hydrogen-bond donors (Lipinski definition) is 1. The zero-order chi connectivity index (χ0) is 18.1. The van der Waals surface area contributed by atoms with Crippen LogP contribution in [0.4, 0.5) is 0 Å². The van der Waals surface area contributed by atoms with Crippen LogP contribution in [0.3, 0.4) is 0 Å². The third kappa shape index (κ3) is 3.61. The van der Waals surface area contributed by atoms with E-state index in [0.29, 0.717) is 16.4 Å². The van der Waals surface area contributed by atoms with Gasteiger partial charge in [-0.15, -0.1) is 0 Å². The van der Waals surface area contributed by atoms with Gasteiger partial charge in [-0.3, -0.25) is 4.79 Å². The molecule has 1 N–H and O–H groups in total. The molecule has 0 spiro atoms. The number of benzene rings is 1. The smallest absolute Gasteiger partial charge is 0.318 e. The molecule has 130 valence electrons. The maximum atomic E-state index is 12.8. The highest BCUT2D eigenvalue weighted by Crippen LogP contribution is 2.24. The minimum atomic E-state index is -3.98. The first-order valence-electron chi connectivity index (χ1n) is 7.18. The van der Waals surface area contributed by atoms with Crippen molar-refractivity contribution in [1.82, 2.24) is 14.1 Å². The molecule has 0 atom stereocenters. The van der Waals surface area contributed by atoms with Gasteiger partial charge in [0.05, 0.1) is 17.6 Å². The first-order chi connectivity index (χ1) is 11.1. The topological polar surface area (TPSA) is 92.5 Å². The van der Waals surface area contributed by atoms with Crippen molar-refractivity contribution < 1.29 is 18.3 Å². The van der Waals surface area contributed by atoms with Crippen LogP contribution in [0, 0.1) is 6.92 Å². The normalized spacial score (nSPS) is 12.1. The van der Waals surface area contributed by atoms with Gasteiger partial charge in [0.25, 0.3) is 0 Å². The highest BCUT2D eigenvalue weighted by molar-refractivity contribution is 7.89. The van der Waals surface area contributed by atoms with E-state index in [2.05, 4.69) is 5.10 Å². The van der Waals surface area contributed by atoms with Gasteiger partial charge in [0.1, 0.15) is 11.4 Å². The summed E-state index contributed by atoms with van der Waals surface area (Å²) in [6, 6.07) is 6.30. The van der Waals surface area contributed by atoms with E-state index in [1.165, 1.54) is 10.9 Å². The van der Waals surface area contributed by atoms with Gasteiger partial charge in [0.15, 0.2) is 0 Å². The van der Waals surface area contributed by atoms with Crippen molar-refractivity contribution in [3.63, 3.8) is 0 Å². The maximum Gasteiger partial charge on any atom is 0.318 e. The zero-order valence-electron chi connectivity index (χ0n) is 13.5. The summed E-state index contributed by atoms with van der Waals surface area (Å²) >= 11 is 5.85. The minimum Gasteiger partial charge on any atom is -0.480 e. The summed E-state index contributed by atoms with van der Waals surface area (Å²) in [5.74, 6) is -1.21. The van der Waals surface area contributed by atoms with Crippen molar-refractivity contribution >= 4 is 27.6 Å². The van der Waals surface area contributed by atoms with E-state index in [-0.39, 0.29) is 4.90 Å². The number of carboxylic acids is 1. The first kappa shape index (κ1) is 18.4. The summed E-state index contributed by atoms with van der Waals surface area (Å²) in [5, 5.41) is 13.7. The van der Waals surface area contributed by atoms with Crippen molar-refractivity contribution in [2.45, 2.75) is 31.7 Å². The first-order valence-corrected chi connectivity index (χ1v) is 9.00. The third-order valence-corrected chi connectivity index (χ3v) is 5.87. The molecular formula is C15H18ClN3O4S. The lowest BCUT2D eigenvalue weighted by atomic mass is 10.3. The predicted molar refractivity (Wildman–Crippen MR) is 90.0 cm³/mol. The fraction of sp³-hybridized carbons (Fsp3) is 0.333. The van der Waals surface area contributed by atoms with Gasteiger partial charge >= 0.3 is 5.97 Å². The Balaban J connectivity index is 2.48. The average molecular weight is 372 g/mol. The second kappa shape index (κ2) is 6.92. The Kier molecular flexibility index (Phi) is 5.32. The monoisotopic (exact) mass is 371 g/mol. The number of nitrogens with zero attached hydrogens (tertiary/aromatic N) is 3. The second-order valence-electron chi connectivity index (χ2n) is 5.52. The van der Waals surface area contributed by atoms with Gasteiger partial charge in [-0.2, -0.15) is 9.40 Å². The largest absolute Gasteiger partial charge is 0.480 e. The molecule has 0 saturated carbocycles. The summed E-state index contributed by atoms with van der Waals surface area (Å²) in [6.45, 7) is 4.26. The Morgan fingerprint density at radius 3 is 2.42 bits per heavy atom. The molecule has 1 heterocycles. The molecule has 0 fully saturated rings. The third-order valence-electron chi connectivity index (χ3n) is 3.49. The van der Waals surface area contributed by atoms with Gasteiger partial charge in [0.2, 0.25) is 10.0 Å². The molecule has 0 radical (unpaired) electrons. The van der Waals surface area contributed by atoms with Gasteiger partial charge in [-0.25, -0.2) is 13.1 Å². The van der Waals surface area contributed by atoms with Crippen LogP contribution in [0.2, 0.25) is 5.02 Å². The van der Waals surface area contributed by atoms with Crippen LogP contribution in [-0.2, 0) is 14.8 Å². The number of halogens is 1. The molecular weight excluding hydrogens is 354 g/mol. The van der Waals surface area contributed by atoms with Crippen molar-refractivity contribution in [3.05, 3.63) is 41.2 Å². The Morgan fingerprint density at radius 2 is 1.92 bits per heavy atom. The standard InChI is InChI=1S/C15H18ClN3O4S/c1-10(2)18(9-15(20)21)24(22,23)14-8-17-19(11(14)3)13-6-4-12(16)5-7-13/h4-8,10H,9H2,1-3H3,(H,20,21). The van der Waals surface area contributed by atoms with E-state index in [9.17, 15) is 13.2 Å². The lowest BCUT2D eigenvalue weighted by Crippen LogP contribution is -2.40. The summed E-state index contributed by atoms with van der Waals surface area (Å²) in [5.41, 5.74) is 1.06. The number of carbonyl (C=O) groups is 1. The van der Waals surface area contributed by atoms with Crippen molar-refractivity contribution in [2.75, 3.05) is 6.54 Å². The average Bonchev–Trinajstić information content (AvgIpc) is 2.87. The molecule has 1 aromatic heterocycles. The Labute approximate surface area is 145 Å². The molecule has 9 heteroatoms. The Bertz CT molecular complexity index is 844. The molecule has 0 bridgehead atoms. The van der Waals surface area contributed by atoms with E-state index >= 15 is 0 Å².